The fourth-order valence-corrected chi connectivity index (χ4v) is 5.00. The molecular weight excluding hydrogens is 304 g/mol. The summed E-state index contributed by atoms with van der Waals surface area (Å²) in [5.41, 5.74) is 0.849. The second-order valence-electron chi connectivity index (χ2n) is 4.82. The standard InChI is InChI=1S/C12H19ClN2O2S2/c1-10(2)15-9-12(7-11(15)8-13)19(16,17)14-3-5-18-6-4-14/h7,9-10H,3-6,8H2,1-2H3. The second kappa shape index (κ2) is 6.08. The minimum absolute atomic E-state index is 0.203. The summed E-state index contributed by atoms with van der Waals surface area (Å²) in [5.74, 6) is 2.06. The van der Waals surface area contributed by atoms with E-state index < -0.39 is 10.0 Å². The van der Waals surface area contributed by atoms with Crippen molar-refractivity contribution in [3.05, 3.63) is 18.0 Å². The highest BCUT2D eigenvalue weighted by molar-refractivity contribution is 7.99. The summed E-state index contributed by atoms with van der Waals surface area (Å²) in [6, 6.07) is 1.90. The van der Waals surface area contributed by atoms with Gasteiger partial charge < -0.3 is 4.57 Å². The minimum atomic E-state index is -3.37. The molecule has 2 heterocycles. The molecule has 0 radical (unpaired) electrons. The summed E-state index contributed by atoms with van der Waals surface area (Å²) in [5, 5.41) is 0. The van der Waals surface area contributed by atoms with Gasteiger partial charge in [0.1, 0.15) is 4.90 Å². The maximum atomic E-state index is 12.6. The van der Waals surface area contributed by atoms with E-state index in [1.165, 1.54) is 0 Å². The van der Waals surface area contributed by atoms with Crippen LogP contribution in [0, 0.1) is 0 Å². The number of thioether (sulfide) groups is 1. The van der Waals surface area contributed by atoms with Crippen LogP contribution in [0.4, 0.5) is 0 Å². The Kier molecular flexibility index (Phi) is 4.87. The van der Waals surface area contributed by atoms with Crippen molar-refractivity contribution in [1.29, 1.82) is 0 Å². The zero-order valence-electron chi connectivity index (χ0n) is 11.2. The maximum absolute atomic E-state index is 12.6. The predicted octanol–water partition coefficient (Wildman–Crippen LogP) is 2.55. The van der Waals surface area contributed by atoms with Crippen LogP contribution in [-0.2, 0) is 15.9 Å². The van der Waals surface area contributed by atoms with Crippen molar-refractivity contribution in [3.63, 3.8) is 0 Å². The zero-order chi connectivity index (χ0) is 14.0. The van der Waals surface area contributed by atoms with Gasteiger partial charge in [-0.05, 0) is 19.9 Å². The number of rotatable bonds is 4. The zero-order valence-corrected chi connectivity index (χ0v) is 13.6. The molecule has 1 saturated heterocycles. The number of nitrogens with zero attached hydrogens (tertiary/aromatic N) is 2. The summed E-state index contributed by atoms with van der Waals surface area (Å²) >= 11 is 7.69. The van der Waals surface area contributed by atoms with Gasteiger partial charge >= 0.3 is 0 Å². The van der Waals surface area contributed by atoms with Gasteiger partial charge in [-0.3, -0.25) is 0 Å². The van der Waals surface area contributed by atoms with Gasteiger partial charge in [0.05, 0.1) is 5.88 Å². The van der Waals surface area contributed by atoms with Crippen LogP contribution in [0.15, 0.2) is 17.2 Å². The molecule has 108 valence electrons. The quantitative estimate of drug-likeness (QED) is 0.800. The number of sulfonamides is 1. The lowest BCUT2D eigenvalue weighted by atomic mass is 10.4. The average Bonchev–Trinajstić information content (AvgIpc) is 2.84. The molecule has 1 aromatic heterocycles. The first-order chi connectivity index (χ1) is 8.96. The molecule has 7 heteroatoms. The van der Waals surface area contributed by atoms with Crippen LogP contribution >= 0.6 is 23.4 Å². The van der Waals surface area contributed by atoms with Crippen molar-refractivity contribution < 1.29 is 8.42 Å². The highest BCUT2D eigenvalue weighted by atomic mass is 35.5. The van der Waals surface area contributed by atoms with E-state index in [0.717, 1.165) is 17.2 Å². The highest BCUT2D eigenvalue weighted by Gasteiger charge is 2.28. The first kappa shape index (κ1) is 15.2. The third-order valence-electron chi connectivity index (χ3n) is 3.21. The SMILES string of the molecule is CC(C)n1cc(S(=O)(=O)N2CCSCC2)cc1CCl. The molecule has 2 rings (SSSR count). The molecule has 0 spiro atoms. The Labute approximate surface area is 124 Å². The Bertz CT molecular complexity index is 534. The fraction of sp³-hybridized carbons (Fsp3) is 0.667. The lowest BCUT2D eigenvalue weighted by Gasteiger charge is -2.25. The van der Waals surface area contributed by atoms with Crippen LogP contribution in [0.5, 0.6) is 0 Å². The molecular formula is C12H19ClN2O2S2. The summed E-state index contributed by atoms with van der Waals surface area (Å²) in [6.45, 7) is 5.22. The molecule has 0 amide bonds. The van der Waals surface area contributed by atoms with E-state index in [4.69, 9.17) is 11.6 Å². The van der Waals surface area contributed by atoms with Gasteiger partial charge in [0.25, 0.3) is 0 Å². The number of hydrogen-bond acceptors (Lipinski definition) is 3. The lowest BCUT2D eigenvalue weighted by molar-refractivity contribution is 0.443. The lowest BCUT2D eigenvalue weighted by Crippen LogP contribution is -2.37. The van der Waals surface area contributed by atoms with Crippen molar-refractivity contribution in [2.45, 2.75) is 30.7 Å². The van der Waals surface area contributed by atoms with Crippen molar-refractivity contribution in [2.24, 2.45) is 0 Å². The third-order valence-corrected chi connectivity index (χ3v) is 6.29. The van der Waals surface area contributed by atoms with E-state index in [1.807, 2.05) is 18.4 Å². The topological polar surface area (TPSA) is 42.3 Å². The molecule has 1 aliphatic heterocycles. The number of hydrogen-bond donors (Lipinski definition) is 0. The van der Waals surface area contributed by atoms with Crippen LogP contribution < -0.4 is 0 Å². The van der Waals surface area contributed by atoms with E-state index in [2.05, 4.69) is 0 Å². The Morgan fingerprint density at radius 2 is 2.00 bits per heavy atom. The Morgan fingerprint density at radius 1 is 1.37 bits per heavy atom. The van der Waals surface area contributed by atoms with Crippen LogP contribution in [0.3, 0.4) is 0 Å². The van der Waals surface area contributed by atoms with E-state index in [9.17, 15) is 8.42 Å². The number of aromatic nitrogens is 1. The smallest absolute Gasteiger partial charge is 0.244 e. The van der Waals surface area contributed by atoms with Gasteiger partial charge in [0.15, 0.2) is 0 Å². The van der Waals surface area contributed by atoms with Gasteiger partial charge in [0, 0.05) is 42.5 Å². The van der Waals surface area contributed by atoms with Crippen LogP contribution in [-0.4, -0.2) is 41.9 Å². The second-order valence-corrected chi connectivity index (χ2v) is 8.25. The molecule has 0 saturated carbocycles. The Hall–Kier alpha value is -0.170. The summed E-state index contributed by atoms with van der Waals surface area (Å²) in [6.07, 6.45) is 1.71. The molecule has 19 heavy (non-hydrogen) atoms. The van der Waals surface area contributed by atoms with E-state index >= 15 is 0 Å². The van der Waals surface area contributed by atoms with Crippen molar-refractivity contribution >= 4 is 33.4 Å². The van der Waals surface area contributed by atoms with E-state index in [1.54, 1.807) is 28.3 Å². The minimum Gasteiger partial charge on any atom is -0.346 e. The van der Waals surface area contributed by atoms with E-state index in [-0.39, 0.29) is 6.04 Å². The highest BCUT2D eigenvalue weighted by Crippen LogP contribution is 2.25. The van der Waals surface area contributed by atoms with Crippen LogP contribution in [0.25, 0.3) is 0 Å². The normalized spacial score (nSPS) is 18.1. The Morgan fingerprint density at radius 3 is 2.47 bits per heavy atom. The molecule has 1 fully saturated rings. The van der Waals surface area contributed by atoms with Gasteiger partial charge in [0.2, 0.25) is 10.0 Å². The molecule has 0 N–H and O–H groups in total. The first-order valence-electron chi connectivity index (χ1n) is 6.31. The average molecular weight is 323 g/mol. The van der Waals surface area contributed by atoms with Crippen LogP contribution in [0.1, 0.15) is 25.6 Å². The van der Waals surface area contributed by atoms with Crippen LogP contribution in [0.2, 0.25) is 0 Å². The van der Waals surface area contributed by atoms with Gasteiger partial charge in [-0.15, -0.1) is 11.6 Å². The molecule has 0 unspecified atom stereocenters. The molecule has 0 bridgehead atoms. The summed E-state index contributed by atoms with van der Waals surface area (Å²) in [7, 11) is -3.37. The van der Waals surface area contributed by atoms with E-state index in [0.29, 0.717) is 23.9 Å². The summed E-state index contributed by atoms with van der Waals surface area (Å²) < 4.78 is 28.6. The Balaban J connectivity index is 2.34. The third kappa shape index (κ3) is 3.12. The molecule has 1 aromatic rings. The molecule has 4 nitrogen and oxygen atoms in total. The fourth-order valence-electron chi connectivity index (χ4n) is 2.16. The molecule has 0 aromatic carbocycles. The largest absolute Gasteiger partial charge is 0.346 e. The predicted molar refractivity (Wildman–Crippen MR) is 80.5 cm³/mol. The maximum Gasteiger partial charge on any atom is 0.244 e. The van der Waals surface area contributed by atoms with Gasteiger partial charge in [-0.2, -0.15) is 16.1 Å². The molecule has 0 atom stereocenters. The van der Waals surface area contributed by atoms with Crippen molar-refractivity contribution in [2.75, 3.05) is 24.6 Å². The molecule has 1 aliphatic rings. The van der Waals surface area contributed by atoms with Crippen molar-refractivity contribution in [1.82, 2.24) is 8.87 Å². The number of alkyl halides is 1. The van der Waals surface area contributed by atoms with Gasteiger partial charge in [-0.25, -0.2) is 8.42 Å². The molecule has 0 aliphatic carbocycles. The number of halogens is 1. The first-order valence-corrected chi connectivity index (χ1v) is 9.44. The summed E-state index contributed by atoms with van der Waals surface area (Å²) in [4.78, 5) is 0.365. The monoisotopic (exact) mass is 322 g/mol. The van der Waals surface area contributed by atoms with Gasteiger partial charge in [-0.1, -0.05) is 0 Å². The van der Waals surface area contributed by atoms with Crippen molar-refractivity contribution in [3.8, 4) is 0 Å².